The number of thiophene rings is 1. The van der Waals surface area contributed by atoms with Gasteiger partial charge in [-0.1, -0.05) is 12.1 Å². The molecule has 6 heteroatoms. The molecule has 1 atom stereocenters. The molecule has 1 saturated heterocycles. The number of halogens is 1. The second-order valence-electron chi connectivity index (χ2n) is 5.80. The normalized spacial score (nSPS) is 18.8. The van der Waals surface area contributed by atoms with Gasteiger partial charge in [0.25, 0.3) is 0 Å². The van der Waals surface area contributed by atoms with Gasteiger partial charge in [0, 0.05) is 36.0 Å². The van der Waals surface area contributed by atoms with Crippen LogP contribution >= 0.6 is 22.7 Å². The van der Waals surface area contributed by atoms with Crippen LogP contribution in [-0.4, -0.2) is 29.6 Å². The quantitative estimate of drug-likeness (QED) is 0.681. The minimum Gasteiger partial charge on any atom is -0.371 e. The fourth-order valence-corrected chi connectivity index (χ4v) is 4.38. The monoisotopic (exact) mass is 360 g/mol. The van der Waals surface area contributed by atoms with Gasteiger partial charge in [0.1, 0.15) is 10.8 Å². The molecule has 0 radical (unpaired) electrons. The van der Waals surface area contributed by atoms with Crippen molar-refractivity contribution >= 4 is 22.7 Å². The fourth-order valence-electron chi connectivity index (χ4n) is 2.85. The molecule has 2 aromatic heterocycles. The lowest BCUT2D eigenvalue weighted by Crippen LogP contribution is -2.37. The van der Waals surface area contributed by atoms with E-state index in [1.807, 2.05) is 0 Å². The molecule has 0 saturated carbocycles. The maximum absolute atomic E-state index is 13.1. The summed E-state index contributed by atoms with van der Waals surface area (Å²) in [5, 5.41) is 7.41. The van der Waals surface area contributed by atoms with Crippen LogP contribution < -0.4 is 0 Å². The Bertz CT molecular complexity index is 786. The van der Waals surface area contributed by atoms with E-state index in [0.29, 0.717) is 6.61 Å². The molecule has 3 heterocycles. The number of hydrogen-bond acceptors (Lipinski definition) is 5. The summed E-state index contributed by atoms with van der Waals surface area (Å²) in [4.78, 5) is 7.10. The van der Waals surface area contributed by atoms with Gasteiger partial charge in [0.2, 0.25) is 0 Å². The van der Waals surface area contributed by atoms with Crippen LogP contribution in [0.4, 0.5) is 4.39 Å². The first-order valence-electron chi connectivity index (χ1n) is 7.84. The van der Waals surface area contributed by atoms with E-state index in [1.165, 1.54) is 17.7 Å². The van der Waals surface area contributed by atoms with Crippen molar-refractivity contribution in [2.45, 2.75) is 12.6 Å². The molecule has 124 valence electrons. The first-order valence-corrected chi connectivity index (χ1v) is 9.66. The molecule has 1 aliphatic heterocycles. The van der Waals surface area contributed by atoms with E-state index in [-0.39, 0.29) is 11.9 Å². The van der Waals surface area contributed by atoms with Crippen molar-refractivity contribution < 1.29 is 9.13 Å². The van der Waals surface area contributed by atoms with Crippen molar-refractivity contribution in [2.75, 3.05) is 19.7 Å². The van der Waals surface area contributed by atoms with Gasteiger partial charge in [-0.25, -0.2) is 9.37 Å². The molecule has 1 unspecified atom stereocenters. The average molecular weight is 360 g/mol. The van der Waals surface area contributed by atoms with E-state index in [4.69, 9.17) is 9.72 Å². The number of morpholine rings is 1. The topological polar surface area (TPSA) is 25.4 Å². The molecule has 1 aromatic carbocycles. The highest BCUT2D eigenvalue weighted by molar-refractivity contribution is 7.14. The lowest BCUT2D eigenvalue weighted by molar-refractivity contribution is -0.0332. The van der Waals surface area contributed by atoms with Crippen LogP contribution in [0.25, 0.3) is 10.6 Å². The summed E-state index contributed by atoms with van der Waals surface area (Å²) in [6, 6.07) is 8.70. The van der Waals surface area contributed by atoms with Gasteiger partial charge in [-0.2, -0.15) is 11.3 Å². The molecular weight excluding hydrogens is 343 g/mol. The van der Waals surface area contributed by atoms with E-state index < -0.39 is 0 Å². The molecular formula is C18H17FN2OS2. The van der Waals surface area contributed by atoms with Crippen molar-refractivity contribution in [3.05, 3.63) is 63.5 Å². The highest BCUT2D eigenvalue weighted by atomic mass is 32.1. The molecule has 0 aliphatic carbocycles. The summed E-state index contributed by atoms with van der Waals surface area (Å²) in [5.41, 5.74) is 3.32. The molecule has 1 aliphatic rings. The molecule has 0 bridgehead atoms. The van der Waals surface area contributed by atoms with Gasteiger partial charge < -0.3 is 4.74 Å². The second kappa shape index (κ2) is 7.11. The number of thiazole rings is 1. The third kappa shape index (κ3) is 3.57. The zero-order chi connectivity index (χ0) is 16.4. The zero-order valence-electron chi connectivity index (χ0n) is 13.0. The number of rotatable bonds is 4. The van der Waals surface area contributed by atoms with Gasteiger partial charge in [0.05, 0.1) is 18.4 Å². The summed E-state index contributed by atoms with van der Waals surface area (Å²) < 4.78 is 18.9. The maximum Gasteiger partial charge on any atom is 0.124 e. The van der Waals surface area contributed by atoms with E-state index in [9.17, 15) is 4.39 Å². The number of benzene rings is 1. The van der Waals surface area contributed by atoms with Crippen molar-refractivity contribution in [1.29, 1.82) is 0 Å². The van der Waals surface area contributed by atoms with Gasteiger partial charge >= 0.3 is 0 Å². The summed E-state index contributed by atoms with van der Waals surface area (Å²) in [5.74, 6) is -0.213. The lowest BCUT2D eigenvalue weighted by Gasteiger charge is -2.32. The van der Waals surface area contributed by atoms with Gasteiger partial charge in [-0.15, -0.1) is 11.3 Å². The molecule has 1 fully saturated rings. The number of ether oxygens (including phenoxy) is 1. The van der Waals surface area contributed by atoms with Gasteiger partial charge in [0.15, 0.2) is 0 Å². The Labute approximate surface area is 148 Å². The number of nitrogens with zero attached hydrogens (tertiary/aromatic N) is 2. The minimum atomic E-state index is -0.213. The number of hydrogen-bond donors (Lipinski definition) is 0. The third-order valence-corrected chi connectivity index (χ3v) is 5.72. The Morgan fingerprint density at radius 1 is 1.21 bits per heavy atom. The van der Waals surface area contributed by atoms with Crippen LogP contribution in [0.5, 0.6) is 0 Å². The van der Waals surface area contributed by atoms with E-state index in [0.717, 1.165) is 35.9 Å². The highest BCUT2D eigenvalue weighted by Gasteiger charge is 2.22. The maximum atomic E-state index is 13.1. The van der Waals surface area contributed by atoms with Crippen molar-refractivity contribution in [2.24, 2.45) is 0 Å². The van der Waals surface area contributed by atoms with Crippen molar-refractivity contribution in [3.8, 4) is 10.6 Å². The lowest BCUT2D eigenvalue weighted by atomic mass is 10.1. The van der Waals surface area contributed by atoms with Crippen LogP contribution in [0.2, 0.25) is 0 Å². The average Bonchev–Trinajstić information content (AvgIpc) is 3.27. The molecule has 0 N–H and O–H groups in total. The Morgan fingerprint density at radius 3 is 2.88 bits per heavy atom. The van der Waals surface area contributed by atoms with Crippen molar-refractivity contribution in [1.82, 2.24) is 9.88 Å². The highest BCUT2D eigenvalue weighted by Crippen LogP contribution is 2.27. The second-order valence-corrected chi connectivity index (χ2v) is 7.44. The Morgan fingerprint density at radius 2 is 2.08 bits per heavy atom. The summed E-state index contributed by atoms with van der Waals surface area (Å²) in [6.07, 6.45) is -0.00525. The first-order chi connectivity index (χ1) is 11.8. The largest absolute Gasteiger partial charge is 0.371 e. The Kier molecular flexibility index (Phi) is 4.71. The zero-order valence-corrected chi connectivity index (χ0v) is 14.7. The SMILES string of the molecule is Fc1ccc(C2CN(Cc3csc(-c4ccsc4)n3)CCO2)cc1. The van der Waals surface area contributed by atoms with Crippen LogP contribution in [0.1, 0.15) is 17.4 Å². The Balaban J connectivity index is 1.42. The Hall–Kier alpha value is -1.60. The molecule has 4 rings (SSSR count). The predicted molar refractivity (Wildman–Crippen MR) is 95.8 cm³/mol. The van der Waals surface area contributed by atoms with Crippen LogP contribution in [0.3, 0.4) is 0 Å². The fraction of sp³-hybridized carbons (Fsp3) is 0.278. The smallest absolute Gasteiger partial charge is 0.124 e. The number of aromatic nitrogens is 1. The molecule has 0 spiro atoms. The van der Waals surface area contributed by atoms with E-state index in [1.54, 1.807) is 34.8 Å². The van der Waals surface area contributed by atoms with Crippen LogP contribution in [0, 0.1) is 5.82 Å². The van der Waals surface area contributed by atoms with E-state index in [2.05, 4.69) is 27.1 Å². The summed E-state index contributed by atoms with van der Waals surface area (Å²) in [7, 11) is 0. The minimum absolute atomic E-state index is 0.00525. The molecule has 3 nitrogen and oxygen atoms in total. The third-order valence-electron chi connectivity index (χ3n) is 4.10. The summed E-state index contributed by atoms with van der Waals surface area (Å²) in [6.45, 7) is 3.20. The summed E-state index contributed by atoms with van der Waals surface area (Å²) >= 11 is 3.38. The molecule has 0 amide bonds. The molecule has 24 heavy (non-hydrogen) atoms. The van der Waals surface area contributed by atoms with Crippen LogP contribution in [-0.2, 0) is 11.3 Å². The van der Waals surface area contributed by atoms with Gasteiger partial charge in [-0.05, 0) is 29.1 Å². The first kappa shape index (κ1) is 15.9. The van der Waals surface area contributed by atoms with Crippen LogP contribution in [0.15, 0.2) is 46.5 Å². The van der Waals surface area contributed by atoms with E-state index >= 15 is 0 Å². The van der Waals surface area contributed by atoms with Gasteiger partial charge in [-0.3, -0.25) is 4.90 Å². The predicted octanol–water partition coefficient (Wildman–Crippen LogP) is 4.58. The molecule has 3 aromatic rings. The standard InChI is InChI=1S/C18H17FN2OS2/c19-15-3-1-13(2-4-15)17-10-21(6-7-22-17)9-16-12-24-18(20-16)14-5-8-23-11-14/h1-5,8,11-12,17H,6-7,9-10H2. The van der Waals surface area contributed by atoms with Crippen molar-refractivity contribution in [3.63, 3.8) is 0 Å².